The molecule has 0 amide bonds. The lowest BCUT2D eigenvalue weighted by Crippen LogP contribution is -2.20. The molecule has 0 spiro atoms. The van der Waals surface area contributed by atoms with Crippen molar-refractivity contribution in [1.82, 2.24) is 5.32 Å². The first-order valence-corrected chi connectivity index (χ1v) is 7.73. The van der Waals surface area contributed by atoms with Gasteiger partial charge in [0.15, 0.2) is 0 Å². The average molecular weight is 327 g/mol. The van der Waals surface area contributed by atoms with Gasteiger partial charge in [-0.25, -0.2) is 0 Å². The molecule has 1 N–H and O–H groups in total. The molecule has 0 aliphatic carbocycles. The van der Waals surface area contributed by atoms with Crippen molar-refractivity contribution in [1.29, 1.82) is 0 Å². The fraction of sp³-hybridized carbons (Fsp3) is 0.600. The van der Waals surface area contributed by atoms with Gasteiger partial charge in [-0.15, -0.1) is 0 Å². The smallest absolute Gasteiger partial charge is 0.0587 e. The van der Waals surface area contributed by atoms with Crippen molar-refractivity contribution in [3.8, 4) is 0 Å². The van der Waals surface area contributed by atoms with Crippen LogP contribution in [-0.2, 0) is 11.3 Å². The summed E-state index contributed by atoms with van der Waals surface area (Å²) in [6, 6.07) is 6.66. The van der Waals surface area contributed by atoms with Crippen molar-refractivity contribution in [2.24, 2.45) is 5.92 Å². The second-order valence-corrected chi connectivity index (χ2v) is 6.15. The first-order valence-electron chi connectivity index (χ1n) is 6.93. The summed E-state index contributed by atoms with van der Waals surface area (Å²) in [5.41, 5.74) is 2.63. The highest BCUT2D eigenvalue weighted by molar-refractivity contribution is 9.10. The van der Waals surface area contributed by atoms with Crippen molar-refractivity contribution < 1.29 is 4.74 Å². The van der Waals surface area contributed by atoms with E-state index in [4.69, 9.17) is 4.74 Å². The van der Waals surface area contributed by atoms with Crippen LogP contribution in [0.25, 0.3) is 0 Å². The van der Waals surface area contributed by atoms with Crippen molar-refractivity contribution >= 4 is 21.6 Å². The fourth-order valence-corrected chi connectivity index (χ4v) is 3.15. The second kappa shape index (κ2) is 7.27. The Bertz CT molecular complexity index is 411. The van der Waals surface area contributed by atoms with Gasteiger partial charge in [0.1, 0.15) is 0 Å². The standard InChI is InChI=1S/C15H23BrN2O/c1-12-5-7-18(11-12)15-4-3-13(9-14(15)16)10-17-6-8-19-2/h3-4,9,12,17H,5-8,10-11H2,1-2H3. The minimum atomic E-state index is 0.755. The molecule has 3 nitrogen and oxygen atoms in total. The summed E-state index contributed by atoms with van der Waals surface area (Å²) in [7, 11) is 1.73. The van der Waals surface area contributed by atoms with E-state index in [-0.39, 0.29) is 0 Å². The van der Waals surface area contributed by atoms with E-state index in [1.807, 2.05) is 0 Å². The molecule has 1 saturated heterocycles. The number of nitrogens with one attached hydrogen (secondary N) is 1. The Balaban J connectivity index is 1.93. The predicted octanol–water partition coefficient (Wildman–Crippen LogP) is 3.03. The zero-order chi connectivity index (χ0) is 13.7. The van der Waals surface area contributed by atoms with E-state index in [2.05, 4.69) is 51.3 Å². The number of halogens is 1. The summed E-state index contributed by atoms with van der Waals surface area (Å²) in [5, 5.41) is 3.37. The maximum Gasteiger partial charge on any atom is 0.0587 e. The van der Waals surface area contributed by atoms with Gasteiger partial charge < -0.3 is 15.0 Å². The molecule has 1 aromatic rings. The second-order valence-electron chi connectivity index (χ2n) is 5.30. The van der Waals surface area contributed by atoms with Gasteiger partial charge in [-0.2, -0.15) is 0 Å². The Morgan fingerprint density at radius 1 is 1.47 bits per heavy atom. The lowest BCUT2D eigenvalue weighted by atomic mass is 10.2. The quantitative estimate of drug-likeness (QED) is 0.813. The molecule has 1 aliphatic heterocycles. The summed E-state index contributed by atoms with van der Waals surface area (Å²) < 4.78 is 6.22. The molecule has 1 fully saturated rings. The minimum absolute atomic E-state index is 0.755. The number of benzene rings is 1. The fourth-order valence-electron chi connectivity index (χ4n) is 2.48. The molecule has 1 aliphatic rings. The molecule has 0 saturated carbocycles. The summed E-state index contributed by atoms with van der Waals surface area (Å²) in [6.45, 7) is 7.19. The highest BCUT2D eigenvalue weighted by Crippen LogP contribution is 2.31. The van der Waals surface area contributed by atoms with E-state index in [9.17, 15) is 0 Å². The summed E-state index contributed by atoms with van der Waals surface area (Å²) in [6.07, 6.45) is 1.30. The Morgan fingerprint density at radius 2 is 2.32 bits per heavy atom. The Morgan fingerprint density at radius 3 is 2.95 bits per heavy atom. The molecular formula is C15H23BrN2O. The number of hydrogen-bond acceptors (Lipinski definition) is 3. The molecule has 2 rings (SSSR count). The van der Waals surface area contributed by atoms with Crippen LogP contribution in [0.2, 0.25) is 0 Å². The van der Waals surface area contributed by atoms with Gasteiger partial charge >= 0.3 is 0 Å². The topological polar surface area (TPSA) is 24.5 Å². The zero-order valence-corrected chi connectivity index (χ0v) is 13.4. The van der Waals surface area contributed by atoms with Crippen molar-refractivity contribution in [3.63, 3.8) is 0 Å². The monoisotopic (exact) mass is 326 g/mol. The highest BCUT2D eigenvalue weighted by atomic mass is 79.9. The van der Waals surface area contributed by atoms with Gasteiger partial charge in [-0.3, -0.25) is 0 Å². The van der Waals surface area contributed by atoms with Crippen LogP contribution in [0.4, 0.5) is 5.69 Å². The van der Waals surface area contributed by atoms with Gasteiger partial charge in [0.05, 0.1) is 12.3 Å². The molecular weight excluding hydrogens is 304 g/mol. The van der Waals surface area contributed by atoms with Gasteiger partial charge in [0.2, 0.25) is 0 Å². The first-order chi connectivity index (χ1) is 9.20. The number of nitrogens with zero attached hydrogens (tertiary/aromatic N) is 1. The van der Waals surface area contributed by atoms with E-state index < -0.39 is 0 Å². The third-order valence-corrected chi connectivity index (χ3v) is 4.22. The van der Waals surface area contributed by atoms with Crippen molar-refractivity contribution in [2.75, 3.05) is 38.3 Å². The van der Waals surface area contributed by atoms with Crippen LogP contribution < -0.4 is 10.2 Å². The van der Waals surface area contributed by atoms with Crippen LogP contribution in [0.1, 0.15) is 18.9 Å². The van der Waals surface area contributed by atoms with E-state index in [1.165, 1.54) is 35.2 Å². The molecule has 0 aromatic heterocycles. The molecule has 19 heavy (non-hydrogen) atoms. The normalized spacial score (nSPS) is 19.1. The van der Waals surface area contributed by atoms with Crippen LogP contribution >= 0.6 is 15.9 Å². The van der Waals surface area contributed by atoms with Crippen LogP contribution in [0.3, 0.4) is 0 Å². The highest BCUT2D eigenvalue weighted by Gasteiger charge is 2.20. The average Bonchev–Trinajstić information content (AvgIpc) is 2.81. The van der Waals surface area contributed by atoms with E-state index in [1.54, 1.807) is 7.11 Å². The summed E-state index contributed by atoms with van der Waals surface area (Å²) >= 11 is 3.71. The van der Waals surface area contributed by atoms with E-state index in [0.717, 1.165) is 25.6 Å². The minimum Gasteiger partial charge on any atom is -0.383 e. The van der Waals surface area contributed by atoms with Gasteiger partial charge in [0.25, 0.3) is 0 Å². The van der Waals surface area contributed by atoms with Gasteiger partial charge in [0, 0.05) is 37.8 Å². The van der Waals surface area contributed by atoms with Crippen molar-refractivity contribution in [2.45, 2.75) is 19.9 Å². The molecule has 1 unspecified atom stereocenters. The molecule has 4 heteroatoms. The summed E-state index contributed by atoms with van der Waals surface area (Å²) in [4.78, 5) is 2.47. The molecule has 0 bridgehead atoms. The number of methoxy groups -OCH3 is 1. The molecule has 106 valence electrons. The van der Waals surface area contributed by atoms with E-state index >= 15 is 0 Å². The molecule has 1 atom stereocenters. The molecule has 1 heterocycles. The Labute approximate surface area is 124 Å². The number of hydrogen-bond donors (Lipinski definition) is 1. The maximum absolute atomic E-state index is 5.02. The third-order valence-electron chi connectivity index (χ3n) is 3.59. The van der Waals surface area contributed by atoms with Crippen LogP contribution in [0, 0.1) is 5.92 Å². The van der Waals surface area contributed by atoms with Crippen LogP contribution in [0.5, 0.6) is 0 Å². The summed E-state index contributed by atoms with van der Waals surface area (Å²) in [5.74, 6) is 0.808. The zero-order valence-electron chi connectivity index (χ0n) is 11.8. The van der Waals surface area contributed by atoms with Gasteiger partial charge in [-0.1, -0.05) is 13.0 Å². The van der Waals surface area contributed by atoms with Crippen LogP contribution in [-0.4, -0.2) is 33.4 Å². The number of ether oxygens (including phenoxy) is 1. The van der Waals surface area contributed by atoms with Crippen LogP contribution in [0.15, 0.2) is 22.7 Å². The van der Waals surface area contributed by atoms with Crippen molar-refractivity contribution in [3.05, 3.63) is 28.2 Å². The molecule has 1 aromatic carbocycles. The first kappa shape index (κ1) is 14.8. The Kier molecular flexibility index (Phi) is 5.67. The van der Waals surface area contributed by atoms with E-state index in [0.29, 0.717) is 0 Å². The SMILES string of the molecule is COCCNCc1ccc(N2CCC(C)C2)c(Br)c1. The molecule has 0 radical (unpaired) electrons. The lowest BCUT2D eigenvalue weighted by Gasteiger charge is -2.20. The number of rotatable bonds is 6. The number of anilines is 1. The Hall–Kier alpha value is -0.580. The predicted molar refractivity (Wildman–Crippen MR) is 83.7 cm³/mol. The maximum atomic E-state index is 5.02. The third kappa shape index (κ3) is 4.20. The lowest BCUT2D eigenvalue weighted by molar-refractivity contribution is 0.199. The largest absolute Gasteiger partial charge is 0.383 e. The van der Waals surface area contributed by atoms with Gasteiger partial charge in [-0.05, 0) is 46.0 Å².